The van der Waals surface area contributed by atoms with Gasteiger partial charge in [0.2, 0.25) is 11.8 Å². The number of ether oxygens (including phenoxy) is 1. The number of amides is 2. The summed E-state index contributed by atoms with van der Waals surface area (Å²) in [5, 5.41) is 2.97. The van der Waals surface area contributed by atoms with Crippen molar-refractivity contribution in [3.63, 3.8) is 0 Å². The van der Waals surface area contributed by atoms with Gasteiger partial charge >= 0.3 is 0 Å². The molecule has 5 nitrogen and oxygen atoms in total. The Bertz CT molecular complexity index is 406. The second kappa shape index (κ2) is 6.34. The summed E-state index contributed by atoms with van der Waals surface area (Å²) in [6.45, 7) is 8.47. The Balaban J connectivity index is 2.20. The molecule has 2 aliphatic heterocycles. The average Bonchev–Trinajstić information content (AvgIpc) is 2.88. The van der Waals surface area contributed by atoms with Crippen LogP contribution in [0.15, 0.2) is 0 Å². The fraction of sp³-hybridized carbons (Fsp3) is 0.875. The average molecular weight is 296 g/mol. The fourth-order valence-electron chi connectivity index (χ4n) is 3.51. The van der Waals surface area contributed by atoms with Gasteiger partial charge in [-0.25, -0.2) is 0 Å². The van der Waals surface area contributed by atoms with Gasteiger partial charge in [0, 0.05) is 6.54 Å². The zero-order valence-corrected chi connectivity index (χ0v) is 13.6. The van der Waals surface area contributed by atoms with Crippen molar-refractivity contribution in [1.29, 1.82) is 0 Å². The predicted octanol–water partition coefficient (Wildman–Crippen LogP) is 1.85. The molecule has 2 heterocycles. The maximum atomic E-state index is 12.9. The summed E-state index contributed by atoms with van der Waals surface area (Å²) in [4.78, 5) is 27.1. The Kier molecular flexibility index (Phi) is 4.91. The number of carbonyl (C=O) groups is 2. The van der Waals surface area contributed by atoms with Gasteiger partial charge in [-0.2, -0.15) is 0 Å². The highest BCUT2D eigenvalue weighted by atomic mass is 16.5. The van der Waals surface area contributed by atoms with Crippen LogP contribution in [0.4, 0.5) is 0 Å². The molecule has 2 aliphatic rings. The molecule has 0 bridgehead atoms. The Morgan fingerprint density at radius 3 is 2.38 bits per heavy atom. The largest absolute Gasteiger partial charge is 0.373 e. The van der Waals surface area contributed by atoms with E-state index in [1.54, 1.807) is 4.90 Å². The van der Waals surface area contributed by atoms with Crippen LogP contribution in [-0.4, -0.2) is 47.0 Å². The first-order valence-electron chi connectivity index (χ1n) is 8.26. The van der Waals surface area contributed by atoms with Crippen molar-refractivity contribution >= 4 is 11.8 Å². The normalized spacial score (nSPS) is 32.4. The molecule has 0 aromatic carbocycles. The molecule has 0 aromatic rings. The number of hydrogen-bond acceptors (Lipinski definition) is 3. The maximum absolute atomic E-state index is 12.9. The molecule has 2 amide bonds. The molecule has 2 rings (SSSR count). The van der Waals surface area contributed by atoms with E-state index in [1.165, 1.54) is 0 Å². The molecule has 5 heteroatoms. The smallest absolute Gasteiger partial charge is 0.249 e. The first-order valence-corrected chi connectivity index (χ1v) is 8.26. The van der Waals surface area contributed by atoms with Gasteiger partial charge in [0.25, 0.3) is 0 Å². The molecule has 1 N–H and O–H groups in total. The van der Waals surface area contributed by atoms with Crippen LogP contribution in [0, 0.1) is 0 Å². The highest BCUT2D eigenvalue weighted by Gasteiger charge is 2.48. The monoisotopic (exact) mass is 296 g/mol. The van der Waals surface area contributed by atoms with Crippen molar-refractivity contribution in [2.24, 2.45) is 0 Å². The van der Waals surface area contributed by atoms with Crippen molar-refractivity contribution in [2.45, 2.75) is 83.6 Å². The van der Waals surface area contributed by atoms with E-state index in [2.05, 4.69) is 12.2 Å². The fourth-order valence-corrected chi connectivity index (χ4v) is 3.51. The number of piperazine rings is 1. The van der Waals surface area contributed by atoms with Crippen LogP contribution in [0.5, 0.6) is 0 Å². The quantitative estimate of drug-likeness (QED) is 0.842. The predicted molar refractivity (Wildman–Crippen MR) is 80.8 cm³/mol. The molecule has 3 unspecified atom stereocenters. The van der Waals surface area contributed by atoms with E-state index in [4.69, 9.17) is 4.74 Å². The lowest BCUT2D eigenvalue weighted by molar-refractivity contribution is -0.157. The van der Waals surface area contributed by atoms with E-state index in [0.717, 1.165) is 12.8 Å². The third-order valence-corrected chi connectivity index (χ3v) is 5.03. The van der Waals surface area contributed by atoms with Crippen molar-refractivity contribution in [1.82, 2.24) is 10.2 Å². The van der Waals surface area contributed by atoms with Gasteiger partial charge < -0.3 is 15.0 Å². The van der Waals surface area contributed by atoms with Crippen molar-refractivity contribution in [2.75, 3.05) is 6.54 Å². The summed E-state index contributed by atoms with van der Waals surface area (Å²) in [6, 6.07) is -0.358. The Hall–Kier alpha value is -1.10. The lowest BCUT2D eigenvalue weighted by atomic mass is 9.86. The molecule has 0 aliphatic carbocycles. The summed E-state index contributed by atoms with van der Waals surface area (Å²) >= 11 is 0. The molecule has 3 atom stereocenters. The van der Waals surface area contributed by atoms with Crippen LogP contribution in [0.2, 0.25) is 0 Å². The zero-order valence-electron chi connectivity index (χ0n) is 13.6. The third-order valence-electron chi connectivity index (χ3n) is 5.03. The standard InChI is InChI=1S/C16H28N2O3/c1-5-13-14(19)17-16(6-2,7-3)15(20)18(13)10-12-9-8-11(4)21-12/h11-13H,5-10H2,1-4H3,(H,17,19). The highest BCUT2D eigenvalue weighted by Crippen LogP contribution is 2.28. The van der Waals surface area contributed by atoms with E-state index in [9.17, 15) is 9.59 Å². The van der Waals surface area contributed by atoms with Crippen LogP contribution < -0.4 is 5.32 Å². The van der Waals surface area contributed by atoms with Crippen molar-refractivity contribution < 1.29 is 14.3 Å². The van der Waals surface area contributed by atoms with Crippen LogP contribution in [-0.2, 0) is 14.3 Å². The van der Waals surface area contributed by atoms with Gasteiger partial charge in [-0.1, -0.05) is 20.8 Å². The molecule has 0 saturated carbocycles. The van der Waals surface area contributed by atoms with E-state index < -0.39 is 5.54 Å². The molecular weight excluding hydrogens is 268 g/mol. The van der Waals surface area contributed by atoms with E-state index in [0.29, 0.717) is 25.8 Å². The first kappa shape index (κ1) is 16.3. The second-order valence-corrected chi connectivity index (χ2v) is 6.31. The number of nitrogens with zero attached hydrogens (tertiary/aromatic N) is 1. The van der Waals surface area contributed by atoms with Crippen LogP contribution in [0.1, 0.15) is 59.8 Å². The molecule has 2 fully saturated rings. The number of carbonyl (C=O) groups excluding carboxylic acids is 2. The minimum Gasteiger partial charge on any atom is -0.373 e. The second-order valence-electron chi connectivity index (χ2n) is 6.31. The van der Waals surface area contributed by atoms with Crippen LogP contribution in [0.3, 0.4) is 0 Å². The Morgan fingerprint density at radius 2 is 1.90 bits per heavy atom. The molecule has 21 heavy (non-hydrogen) atoms. The van der Waals surface area contributed by atoms with E-state index >= 15 is 0 Å². The summed E-state index contributed by atoms with van der Waals surface area (Å²) < 4.78 is 5.85. The van der Waals surface area contributed by atoms with Gasteiger partial charge in [-0.15, -0.1) is 0 Å². The number of rotatable bonds is 5. The molecule has 0 aromatic heterocycles. The summed E-state index contributed by atoms with van der Waals surface area (Å²) in [6.07, 6.45) is 4.22. The van der Waals surface area contributed by atoms with Crippen LogP contribution >= 0.6 is 0 Å². The summed E-state index contributed by atoms with van der Waals surface area (Å²) in [5.41, 5.74) is -0.729. The topological polar surface area (TPSA) is 58.6 Å². The number of nitrogens with one attached hydrogen (secondary N) is 1. The Labute approximate surface area is 127 Å². The molecule has 120 valence electrons. The maximum Gasteiger partial charge on any atom is 0.249 e. The molecule has 0 spiro atoms. The van der Waals surface area contributed by atoms with Crippen molar-refractivity contribution in [3.05, 3.63) is 0 Å². The van der Waals surface area contributed by atoms with Crippen molar-refractivity contribution in [3.8, 4) is 0 Å². The molecular formula is C16H28N2O3. The van der Waals surface area contributed by atoms with E-state index in [1.807, 2.05) is 20.8 Å². The molecule has 2 saturated heterocycles. The molecule has 0 radical (unpaired) electrons. The van der Waals surface area contributed by atoms with Gasteiger partial charge in [0.05, 0.1) is 12.2 Å². The Morgan fingerprint density at radius 1 is 1.24 bits per heavy atom. The van der Waals surface area contributed by atoms with E-state index in [-0.39, 0.29) is 30.1 Å². The minimum absolute atomic E-state index is 0.0214. The van der Waals surface area contributed by atoms with Gasteiger partial charge in [-0.3, -0.25) is 9.59 Å². The number of hydrogen-bond donors (Lipinski definition) is 1. The highest BCUT2D eigenvalue weighted by molar-refractivity contribution is 5.99. The summed E-state index contributed by atoms with van der Waals surface area (Å²) in [5.74, 6) is 0.0361. The zero-order chi connectivity index (χ0) is 15.6. The minimum atomic E-state index is -0.729. The lowest BCUT2D eigenvalue weighted by Gasteiger charge is -2.46. The third kappa shape index (κ3) is 2.93. The van der Waals surface area contributed by atoms with Gasteiger partial charge in [0.15, 0.2) is 0 Å². The first-order chi connectivity index (χ1) is 9.97. The lowest BCUT2D eigenvalue weighted by Crippen LogP contribution is -2.70. The summed E-state index contributed by atoms with van der Waals surface area (Å²) in [7, 11) is 0. The van der Waals surface area contributed by atoms with Gasteiger partial charge in [0.1, 0.15) is 11.6 Å². The van der Waals surface area contributed by atoms with Crippen LogP contribution in [0.25, 0.3) is 0 Å². The van der Waals surface area contributed by atoms with Gasteiger partial charge in [-0.05, 0) is 39.0 Å². The SMILES string of the molecule is CCC1C(=O)NC(CC)(CC)C(=O)N1CC1CCC(C)O1.